The Morgan fingerprint density at radius 3 is 2.50 bits per heavy atom. The van der Waals surface area contributed by atoms with E-state index in [-0.39, 0.29) is 16.0 Å². The van der Waals surface area contributed by atoms with Gasteiger partial charge in [0, 0.05) is 18.1 Å². The number of hydrogen-bond acceptors (Lipinski definition) is 5. The predicted octanol–water partition coefficient (Wildman–Crippen LogP) is 1.83. The number of hydrogen-bond donors (Lipinski definition) is 1. The van der Waals surface area contributed by atoms with Crippen molar-refractivity contribution >= 4 is 27.3 Å². The molecule has 0 atom stereocenters. The topological polar surface area (TPSA) is 81.1 Å². The van der Waals surface area contributed by atoms with E-state index in [1.807, 2.05) is 20.8 Å². The molecule has 8 heteroatoms. The van der Waals surface area contributed by atoms with E-state index in [0.717, 1.165) is 4.88 Å². The van der Waals surface area contributed by atoms with E-state index in [9.17, 15) is 13.2 Å². The molecule has 1 amide bonds. The van der Waals surface area contributed by atoms with E-state index in [4.69, 9.17) is 0 Å². The van der Waals surface area contributed by atoms with Gasteiger partial charge in [0.15, 0.2) is 0 Å². The molecule has 2 rings (SSSR count). The summed E-state index contributed by atoms with van der Waals surface area (Å²) >= 11 is 1.18. The summed E-state index contributed by atoms with van der Waals surface area (Å²) in [7, 11) is -2.09. The fraction of sp³-hybridized carbons (Fsp3) is 0.429. The fourth-order valence-corrected chi connectivity index (χ4v) is 4.17. The number of nitrogens with zero attached hydrogens (tertiary/aromatic N) is 2. The van der Waals surface area contributed by atoms with Gasteiger partial charge in [0.2, 0.25) is 5.91 Å². The summed E-state index contributed by atoms with van der Waals surface area (Å²) in [6.07, 6.45) is 1.63. The van der Waals surface area contributed by atoms with Crippen molar-refractivity contribution in [1.82, 2.24) is 14.5 Å². The van der Waals surface area contributed by atoms with Crippen molar-refractivity contribution in [3.05, 3.63) is 35.0 Å². The Kier molecular flexibility index (Phi) is 4.44. The van der Waals surface area contributed by atoms with Crippen LogP contribution in [0.2, 0.25) is 0 Å². The second-order valence-corrected chi connectivity index (χ2v) is 9.05. The summed E-state index contributed by atoms with van der Waals surface area (Å²) in [5.74, 6) is -0.593. The van der Waals surface area contributed by atoms with Crippen LogP contribution in [0.1, 0.15) is 31.3 Å². The fourth-order valence-electron chi connectivity index (χ4n) is 1.83. The quantitative estimate of drug-likeness (QED) is 0.920. The lowest BCUT2D eigenvalue weighted by Crippen LogP contribution is -2.31. The molecule has 0 aliphatic heterocycles. The van der Waals surface area contributed by atoms with Crippen molar-refractivity contribution in [3.8, 4) is 0 Å². The number of amides is 1. The van der Waals surface area contributed by atoms with Crippen LogP contribution in [0.25, 0.3) is 0 Å². The molecule has 22 heavy (non-hydrogen) atoms. The van der Waals surface area contributed by atoms with E-state index in [1.165, 1.54) is 17.4 Å². The Morgan fingerprint density at radius 1 is 1.32 bits per heavy atom. The molecule has 0 fully saturated rings. The molecule has 0 spiro atoms. The number of rotatable bonds is 4. The van der Waals surface area contributed by atoms with Gasteiger partial charge in [-0.15, -0.1) is 11.3 Å². The highest BCUT2D eigenvalue weighted by Gasteiger charge is 2.23. The van der Waals surface area contributed by atoms with Crippen LogP contribution in [0.15, 0.2) is 28.6 Å². The zero-order valence-electron chi connectivity index (χ0n) is 13.0. The Bertz CT molecular complexity index is 782. The predicted molar refractivity (Wildman–Crippen MR) is 85.3 cm³/mol. The van der Waals surface area contributed by atoms with Crippen LogP contribution in [0, 0.1) is 0 Å². The smallest absolute Gasteiger partial charge is 0.273 e. The van der Waals surface area contributed by atoms with Gasteiger partial charge < -0.3 is 0 Å². The molecule has 0 saturated carbocycles. The first-order chi connectivity index (χ1) is 10.1. The lowest BCUT2D eigenvalue weighted by Gasteiger charge is -2.15. The molecule has 0 aliphatic rings. The SMILES string of the molecule is Cn1ccc(CC(=O)NS(=O)(=O)c2ccc(C(C)(C)C)s2)n1. The summed E-state index contributed by atoms with van der Waals surface area (Å²) < 4.78 is 28.3. The van der Waals surface area contributed by atoms with E-state index in [0.29, 0.717) is 5.69 Å². The van der Waals surface area contributed by atoms with Crippen molar-refractivity contribution in [1.29, 1.82) is 0 Å². The molecule has 2 aromatic heterocycles. The van der Waals surface area contributed by atoms with Crippen LogP contribution in [0.5, 0.6) is 0 Å². The largest absolute Gasteiger partial charge is 0.276 e. The zero-order valence-corrected chi connectivity index (χ0v) is 14.6. The number of carbonyl (C=O) groups excluding carboxylic acids is 1. The first-order valence-corrected chi connectivity index (χ1v) is 9.02. The number of aryl methyl sites for hydroxylation is 1. The first kappa shape index (κ1) is 16.7. The summed E-state index contributed by atoms with van der Waals surface area (Å²) in [6.45, 7) is 6.03. The zero-order chi connectivity index (χ0) is 16.5. The minimum atomic E-state index is -3.83. The summed E-state index contributed by atoms with van der Waals surface area (Å²) in [6, 6.07) is 4.99. The van der Waals surface area contributed by atoms with E-state index in [2.05, 4.69) is 9.82 Å². The van der Waals surface area contributed by atoms with Gasteiger partial charge in [-0.05, 0) is 23.6 Å². The second-order valence-electron chi connectivity index (χ2n) is 6.05. The lowest BCUT2D eigenvalue weighted by atomic mass is 9.95. The summed E-state index contributed by atoms with van der Waals surface area (Å²) in [4.78, 5) is 12.8. The number of carbonyl (C=O) groups is 1. The van der Waals surface area contributed by atoms with Crippen LogP contribution in [0.3, 0.4) is 0 Å². The van der Waals surface area contributed by atoms with Crippen molar-refractivity contribution in [3.63, 3.8) is 0 Å². The molecule has 0 bridgehead atoms. The maximum absolute atomic E-state index is 12.2. The van der Waals surface area contributed by atoms with Crippen LogP contribution < -0.4 is 4.72 Å². The number of sulfonamides is 1. The molecule has 0 unspecified atom stereocenters. The van der Waals surface area contributed by atoms with Gasteiger partial charge in [-0.3, -0.25) is 9.48 Å². The van der Waals surface area contributed by atoms with Crippen molar-refractivity contribution < 1.29 is 13.2 Å². The minimum Gasteiger partial charge on any atom is -0.276 e. The normalized spacial score (nSPS) is 12.4. The van der Waals surface area contributed by atoms with Crippen LogP contribution in [-0.4, -0.2) is 24.1 Å². The first-order valence-electron chi connectivity index (χ1n) is 6.72. The number of aromatic nitrogens is 2. The van der Waals surface area contributed by atoms with E-state index < -0.39 is 15.9 Å². The molecular weight excluding hydrogens is 322 g/mol. The third-order valence-electron chi connectivity index (χ3n) is 2.94. The Balaban J connectivity index is 2.10. The Hall–Kier alpha value is -1.67. The highest BCUT2D eigenvalue weighted by molar-refractivity contribution is 7.92. The van der Waals surface area contributed by atoms with Crippen LogP contribution >= 0.6 is 11.3 Å². The van der Waals surface area contributed by atoms with Crippen molar-refractivity contribution in [2.45, 2.75) is 36.8 Å². The van der Waals surface area contributed by atoms with Crippen LogP contribution in [-0.2, 0) is 33.7 Å². The van der Waals surface area contributed by atoms with Gasteiger partial charge in [-0.25, -0.2) is 13.1 Å². The molecule has 0 saturated heterocycles. The molecular formula is C14H19N3O3S2. The van der Waals surface area contributed by atoms with Gasteiger partial charge in [-0.1, -0.05) is 20.8 Å². The average molecular weight is 341 g/mol. The summed E-state index contributed by atoms with van der Waals surface area (Å²) in [5, 5.41) is 4.05. The van der Waals surface area contributed by atoms with E-state index in [1.54, 1.807) is 30.1 Å². The third kappa shape index (κ3) is 3.95. The van der Waals surface area contributed by atoms with Gasteiger partial charge in [0.1, 0.15) is 4.21 Å². The maximum atomic E-state index is 12.2. The average Bonchev–Trinajstić information content (AvgIpc) is 2.96. The van der Waals surface area contributed by atoms with Gasteiger partial charge in [0.25, 0.3) is 10.0 Å². The molecule has 6 nitrogen and oxygen atoms in total. The molecule has 0 radical (unpaired) electrons. The summed E-state index contributed by atoms with van der Waals surface area (Å²) in [5.41, 5.74) is 0.396. The highest BCUT2D eigenvalue weighted by atomic mass is 32.2. The standard InChI is InChI=1S/C14H19N3O3S2/c1-14(2,3)11-5-6-13(21-11)22(19,20)16-12(18)9-10-7-8-17(4)15-10/h5-8H,9H2,1-4H3,(H,16,18). The Labute approximate surface area is 134 Å². The third-order valence-corrected chi connectivity index (χ3v) is 6.32. The van der Waals surface area contributed by atoms with Gasteiger partial charge in [-0.2, -0.15) is 5.10 Å². The lowest BCUT2D eigenvalue weighted by molar-refractivity contribution is -0.118. The Morgan fingerprint density at radius 2 is 2.00 bits per heavy atom. The van der Waals surface area contributed by atoms with Gasteiger partial charge >= 0.3 is 0 Å². The van der Waals surface area contributed by atoms with Crippen molar-refractivity contribution in [2.75, 3.05) is 0 Å². The molecule has 0 aliphatic carbocycles. The van der Waals surface area contributed by atoms with Crippen LogP contribution in [0.4, 0.5) is 0 Å². The number of nitrogens with one attached hydrogen (secondary N) is 1. The van der Waals surface area contributed by atoms with Gasteiger partial charge in [0.05, 0.1) is 12.1 Å². The second kappa shape index (κ2) is 5.85. The monoisotopic (exact) mass is 341 g/mol. The molecule has 0 aromatic carbocycles. The molecule has 2 aromatic rings. The van der Waals surface area contributed by atoms with Crippen molar-refractivity contribution in [2.24, 2.45) is 7.05 Å². The molecule has 120 valence electrons. The molecule has 1 N–H and O–H groups in total. The minimum absolute atomic E-state index is 0.0719. The van der Waals surface area contributed by atoms with E-state index >= 15 is 0 Å². The maximum Gasteiger partial charge on any atom is 0.273 e. The molecule has 2 heterocycles. The number of thiophene rings is 1. The highest BCUT2D eigenvalue weighted by Crippen LogP contribution is 2.31.